The molecule has 8 heteroatoms. The van der Waals surface area contributed by atoms with Crippen molar-refractivity contribution >= 4 is 40.3 Å². The van der Waals surface area contributed by atoms with Crippen molar-refractivity contribution in [1.29, 1.82) is 0 Å². The maximum atomic E-state index is 12.0. The number of nitrogens with zero attached hydrogens (tertiary/aromatic N) is 3. The Labute approximate surface area is 130 Å². The van der Waals surface area contributed by atoms with Gasteiger partial charge in [-0.25, -0.2) is 4.98 Å². The summed E-state index contributed by atoms with van der Waals surface area (Å²) in [6.45, 7) is 6.46. The molecule has 5 nitrogen and oxygen atoms in total. The summed E-state index contributed by atoms with van der Waals surface area (Å²) in [6, 6.07) is 0. The monoisotopic (exact) mass is 328 g/mol. The Bertz CT molecular complexity index is 593. The molecular weight excluding hydrogens is 312 g/mol. The van der Waals surface area contributed by atoms with E-state index in [1.807, 2.05) is 20.8 Å². The third-order valence-electron chi connectivity index (χ3n) is 2.47. The van der Waals surface area contributed by atoms with Gasteiger partial charge in [0, 0.05) is 12.3 Å². The molecule has 0 spiro atoms. The lowest BCUT2D eigenvalue weighted by atomic mass is 10.3. The van der Waals surface area contributed by atoms with Crippen molar-refractivity contribution in [1.82, 2.24) is 20.5 Å². The largest absolute Gasteiger partial charge is 0.350 e. The predicted molar refractivity (Wildman–Crippen MR) is 83.9 cm³/mol. The summed E-state index contributed by atoms with van der Waals surface area (Å²) in [7, 11) is 0. The fourth-order valence-corrected chi connectivity index (χ4v) is 4.20. The first-order chi connectivity index (χ1) is 9.60. The molecule has 0 aromatic carbocycles. The molecule has 1 amide bonds. The van der Waals surface area contributed by atoms with Gasteiger partial charge >= 0.3 is 0 Å². The molecule has 2 heterocycles. The molecule has 0 bridgehead atoms. The smallest absolute Gasteiger partial charge is 0.263 e. The molecule has 0 saturated carbocycles. The number of aryl methyl sites for hydroxylation is 3. The highest BCUT2D eigenvalue weighted by Crippen LogP contribution is 2.21. The van der Waals surface area contributed by atoms with Gasteiger partial charge < -0.3 is 5.32 Å². The number of rotatable bonds is 6. The van der Waals surface area contributed by atoms with Crippen LogP contribution in [0.15, 0.2) is 4.34 Å². The maximum Gasteiger partial charge on any atom is 0.263 e. The average molecular weight is 328 g/mol. The second-order valence-electron chi connectivity index (χ2n) is 4.07. The molecule has 2 aromatic rings. The van der Waals surface area contributed by atoms with Crippen molar-refractivity contribution < 1.29 is 4.79 Å². The Morgan fingerprint density at radius 3 is 2.70 bits per heavy atom. The molecule has 0 radical (unpaired) electrons. The molecule has 0 unspecified atom stereocenters. The van der Waals surface area contributed by atoms with Gasteiger partial charge in [-0.3, -0.25) is 4.79 Å². The highest BCUT2D eigenvalue weighted by Gasteiger charge is 2.14. The molecular formula is C12H16N4OS3. The molecule has 0 fully saturated rings. The number of thioether (sulfide) groups is 1. The Kier molecular flexibility index (Phi) is 5.50. The second-order valence-corrected chi connectivity index (χ2v) is 7.67. The number of hydrogen-bond donors (Lipinski definition) is 1. The topological polar surface area (TPSA) is 67.8 Å². The molecule has 0 aliphatic rings. The van der Waals surface area contributed by atoms with Crippen LogP contribution in [0, 0.1) is 13.8 Å². The van der Waals surface area contributed by atoms with E-state index in [4.69, 9.17) is 0 Å². The van der Waals surface area contributed by atoms with Gasteiger partial charge in [0.25, 0.3) is 5.91 Å². The molecule has 1 N–H and O–H groups in total. The van der Waals surface area contributed by atoms with Crippen molar-refractivity contribution in [2.45, 2.75) is 31.5 Å². The van der Waals surface area contributed by atoms with Crippen LogP contribution in [-0.4, -0.2) is 33.4 Å². The number of aromatic nitrogens is 3. The van der Waals surface area contributed by atoms with Crippen molar-refractivity contribution in [2.24, 2.45) is 0 Å². The van der Waals surface area contributed by atoms with Gasteiger partial charge in [-0.1, -0.05) is 30.0 Å². The van der Waals surface area contributed by atoms with Crippen LogP contribution in [0.5, 0.6) is 0 Å². The zero-order chi connectivity index (χ0) is 14.5. The fourth-order valence-electron chi connectivity index (χ4n) is 1.53. The van der Waals surface area contributed by atoms with E-state index in [0.717, 1.165) is 37.1 Å². The summed E-state index contributed by atoms with van der Waals surface area (Å²) in [4.78, 5) is 17.1. The van der Waals surface area contributed by atoms with Crippen molar-refractivity contribution in [3.05, 3.63) is 20.6 Å². The van der Waals surface area contributed by atoms with Crippen LogP contribution >= 0.6 is 34.4 Å². The fraction of sp³-hybridized carbons (Fsp3) is 0.500. The molecule has 0 aliphatic carbocycles. The third kappa shape index (κ3) is 4.00. The number of carbonyl (C=O) groups is 1. The maximum absolute atomic E-state index is 12.0. The van der Waals surface area contributed by atoms with Crippen LogP contribution in [0.4, 0.5) is 0 Å². The average Bonchev–Trinajstić information content (AvgIpc) is 3.00. The van der Waals surface area contributed by atoms with Crippen molar-refractivity contribution in [3.8, 4) is 0 Å². The van der Waals surface area contributed by atoms with Crippen LogP contribution < -0.4 is 5.32 Å². The third-order valence-corrected chi connectivity index (χ3v) is 5.74. The van der Waals surface area contributed by atoms with E-state index >= 15 is 0 Å². The summed E-state index contributed by atoms with van der Waals surface area (Å²) in [6.07, 6.45) is 0.866. The van der Waals surface area contributed by atoms with Gasteiger partial charge in [-0.05, 0) is 20.3 Å². The Balaban J connectivity index is 1.78. The number of thiazole rings is 1. The molecule has 20 heavy (non-hydrogen) atoms. The van der Waals surface area contributed by atoms with Crippen LogP contribution in [0.2, 0.25) is 0 Å². The zero-order valence-electron chi connectivity index (χ0n) is 11.6. The first-order valence-corrected chi connectivity index (χ1v) is 8.89. The van der Waals surface area contributed by atoms with Gasteiger partial charge in [0.1, 0.15) is 9.88 Å². The van der Waals surface area contributed by atoms with Crippen LogP contribution in [-0.2, 0) is 6.42 Å². The summed E-state index contributed by atoms with van der Waals surface area (Å²) in [5.74, 6) is 0.757. The zero-order valence-corrected chi connectivity index (χ0v) is 14.0. The van der Waals surface area contributed by atoms with Crippen LogP contribution in [0.25, 0.3) is 0 Å². The molecule has 0 aliphatic heterocycles. The lowest BCUT2D eigenvalue weighted by Crippen LogP contribution is -2.25. The minimum Gasteiger partial charge on any atom is -0.350 e. The van der Waals surface area contributed by atoms with Crippen molar-refractivity contribution in [3.63, 3.8) is 0 Å². The SMILES string of the molecule is CCc1nc(C)c(C(=O)NCCSc2nnc(C)s2)s1. The lowest BCUT2D eigenvalue weighted by molar-refractivity contribution is 0.0959. The molecule has 2 aromatic heterocycles. The summed E-state index contributed by atoms with van der Waals surface area (Å²) in [5, 5.41) is 12.9. The van der Waals surface area contributed by atoms with Gasteiger partial charge in [-0.2, -0.15) is 0 Å². The second kappa shape index (κ2) is 7.14. The first-order valence-electron chi connectivity index (χ1n) is 6.27. The van der Waals surface area contributed by atoms with Gasteiger partial charge in [0.2, 0.25) is 0 Å². The predicted octanol–water partition coefficient (Wildman–Crippen LogP) is 2.70. The highest BCUT2D eigenvalue weighted by molar-refractivity contribution is 8.01. The number of nitrogens with one attached hydrogen (secondary N) is 1. The minimum atomic E-state index is -0.0336. The molecule has 108 valence electrons. The van der Waals surface area contributed by atoms with Crippen LogP contribution in [0.1, 0.15) is 32.3 Å². The van der Waals surface area contributed by atoms with Crippen molar-refractivity contribution in [2.75, 3.05) is 12.3 Å². The molecule has 0 saturated heterocycles. The number of carbonyl (C=O) groups excluding carboxylic acids is 1. The molecule has 2 rings (SSSR count). The Hall–Kier alpha value is -0.990. The quantitative estimate of drug-likeness (QED) is 0.652. The van der Waals surface area contributed by atoms with E-state index in [1.165, 1.54) is 11.3 Å². The van der Waals surface area contributed by atoms with E-state index in [9.17, 15) is 4.79 Å². The van der Waals surface area contributed by atoms with Gasteiger partial charge in [0.05, 0.1) is 10.7 Å². The summed E-state index contributed by atoms with van der Waals surface area (Å²) in [5.41, 5.74) is 0.816. The summed E-state index contributed by atoms with van der Waals surface area (Å²) < 4.78 is 0.944. The van der Waals surface area contributed by atoms with E-state index in [2.05, 4.69) is 20.5 Å². The normalized spacial score (nSPS) is 10.8. The van der Waals surface area contributed by atoms with E-state index in [-0.39, 0.29) is 5.91 Å². The molecule has 0 atom stereocenters. The van der Waals surface area contributed by atoms with E-state index < -0.39 is 0 Å². The van der Waals surface area contributed by atoms with Gasteiger partial charge in [-0.15, -0.1) is 21.5 Å². The van der Waals surface area contributed by atoms with E-state index in [1.54, 1.807) is 23.1 Å². The summed E-state index contributed by atoms with van der Waals surface area (Å²) >= 11 is 4.66. The van der Waals surface area contributed by atoms with Gasteiger partial charge in [0.15, 0.2) is 4.34 Å². The van der Waals surface area contributed by atoms with Crippen LogP contribution in [0.3, 0.4) is 0 Å². The first kappa shape index (κ1) is 15.4. The number of amides is 1. The standard InChI is InChI=1S/C12H16N4OS3/c1-4-9-14-7(2)10(20-9)11(17)13-5-6-18-12-16-15-8(3)19-12/h4-6H2,1-3H3,(H,13,17). The Morgan fingerprint density at radius 1 is 1.30 bits per heavy atom. The minimum absolute atomic E-state index is 0.0336. The lowest BCUT2D eigenvalue weighted by Gasteiger charge is -2.02. The Morgan fingerprint density at radius 2 is 2.10 bits per heavy atom. The highest BCUT2D eigenvalue weighted by atomic mass is 32.2. The number of hydrogen-bond acceptors (Lipinski definition) is 7. The van der Waals surface area contributed by atoms with E-state index in [0.29, 0.717) is 6.54 Å².